The van der Waals surface area contributed by atoms with Gasteiger partial charge in [0.05, 0.1) is 17.5 Å². The van der Waals surface area contributed by atoms with Gasteiger partial charge < -0.3 is 0 Å². The van der Waals surface area contributed by atoms with E-state index in [2.05, 4.69) is 20.6 Å². The SMILES string of the molecule is O=C(Nc1nnc(SCc2ccc(F)cc2)s1)C1=NN([C@@H]2CCS(=O)(=O)C2)C(=O)CC1. The van der Waals surface area contributed by atoms with Crippen LogP contribution in [0.25, 0.3) is 0 Å². The summed E-state index contributed by atoms with van der Waals surface area (Å²) >= 11 is 2.61. The number of amides is 2. The molecule has 9 nitrogen and oxygen atoms in total. The van der Waals surface area contributed by atoms with Crippen LogP contribution in [-0.2, 0) is 25.2 Å². The zero-order valence-electron chi connectivity index (χ0n) is 16.2. The summed E-state index contributed by atoms with van der Waals surface area (Å²) < 4.78 is 37.0. The molecule has 1 fully saturated rings. The number of nitrogens with zero attached hydrogens (tertiary/aromatic N) is 4. The van der Waals surface area contributed by atoms with Crippen LogP contribution in [0.15, 0.2) is 33.7 Å². The number of aromatic nitrogens is 2. The van der Waals surface area contributed by atoms with E-state index in [0.717, 1.165) is 10.6 Å². The molecule has 164 valence electrons. The normalized spacial score (nSPS) is 20.5. The maximum atomic E-state index is 13.0. The third kappa shape index (κ3) is 5.46. The highest BCUT2D eigenvalue weighted by molar-refractivity contribution is 8.00. The summed E-state index contributed by atoms with van der Waals surface area (Å²) in [7, 11) is -3.18. The molecule has 1 N–H and O–H groups in total. The molecule has 2 aromatic rings. The van der Waals surface area contributed by atoms with Crippen molar-refractivity contribution in [2.45, 2.75) is 35.4 Å². The first-order chi connectivity index (χ1) is 14.8. The Balaban J connectivity index is 1.37. The first kappa shape index (κ1) is 21.8. The van der Waals surface area contributed by atoms with Gasteiger partial charge in [0.15, 0.2) is 14.2 Å². The molecule has 1 atom stereocenters. The van der Waals surface area contributed by atoms with Crippen molar-refractivity contribution in [3.8, 4) is 0 Å². The highest BCUT2D eigenvalue weighted by Crippen LogP contribution is 2.29. The van der Waals surface area contributed by atoms with Gasteiger partial charge in [-0.3, -0.25) is 14.9 Å². The molecular weight excluding hydrogens is 465 g/mol. The molecule has 0 bridgehead atoms. The molecule has 0 spiro atoms. The molecule has 1 saturated heterocycles. The monoisotopic (exact) mass is 483 g/mol. The summed E-state index contributed by atoms with van der Waals surface area (Å²) in [6.07, 6.45) is 0.584. The predicted molar refractivity (Wildman–Crippen MR) is 115 cm³/mol. The van der Waals surface area contributed by atoms with E-state index in [1.165, 1.54) is 35.2 Å². The van der Waals surface area contributed by atoms with Crippen molar-refractivity contribution >= 4 is 55.6 Å². The molecule has 0 radical (unpaired) electrons. The first-order valence-electron chi connectivity index (χ1n) is 9.41. The highest BCUT2D eigenvalue weighted by Gasteiger charge is 2.37. The zero-order valence-corrected chi connectivity index (χ0v) is 18.6. The molecule has 1 aromatic heterocycles. The van der Waals surface area contributed by atoms with Crippen LogP contribution in [0.2, 0.25) is 0 Å². The second-order valence-electron chi connectivity index (χ2n) is 7.08. The largest absolute Gasteiger partial charge is 0.295 e. The molecule has 2 amide bonds. The quantitative estimate of drug-likeness (QED) is 0.493. The van der Waals surface area contributed by atoms with E-state index in [9.17, 15) is 22.4 Å². The van der Waals surface area contributed by atoms with E-state index in [4.69, 9.17) is 0 Å². The number of carbonyl (C=O) groups excluding carboxylic acids is 2. The van der Waals surface area contributed by atoms with Crippen LogP contribution in [0.3, 0.4) is 0 Å². The summed E-state index contributed by atoms with van der Waals surface area (Å²) in [5.74, 6) is -0.616. The fourth-order valence-electron chi connectivity index (χ4n) is 3.20. The number of carbonyl (C=O) groups is 2. The average molecular weight is 484 g/mol. The van der Waals surface area contributed by atoms with Gasteiger partial charge in [0.1, 0.15) is 11.5 Å². The molecule has 0 unspecified atom stereocenters. The Hall–Kier alpha value is -2.38. The second-order valence-corrected chi connectivity index (χ2v) is 11.5. The van der Waals surface area contributed by atoms with Gasteiger partial charge in [-0.1, -0.05) is 35.2 Å². The minimum absolute atomic E-state index is 0.0155. The number of halogens is 1. The van der Waals surface area contributed by atoms with Gasteiger partial charge in [0.2, 0.25) is 11.0 Å². The van der Waals surface area contributed by atoms with E-state index in [1.54, 1.807) is 12.1 Å². The molecule has 2 aliphatic heterocycles. The number of hydrogen-bond donors (Lipinski definition) is 1. The van der Waals surface area contributed by atoms with Crippen molar-refractivity contribution in [3.05, 3.63) is 35.6 Å². The predicted octanol–water partition coefficient (Wildman–Crippen LogP) is 2.07. The van der Waals surface area contributed by atoms with Crippen LogP contribution >= 0.6 is 23.1 Å². The maximum Gasteiger partial charge on any atom is 0.273 e. The Bertz CT molecular complexity index is 1130. The minimum atomic E-state index is -3.18. The minimum Gasteiger partial charge on any atom is -0.295 e. The molecule has 31 heavy (non-hydrogen) atoms. The van der Waals surface area contributed by atoms with Crippen molar-refractivity contribution in [2.24, 2.45) is 5.10 Å². The van der Waals surface area contributed by atoms with E-state index >= 15 is 0 Å². The van der Waals surface area contributed by atoms with Crippen molar-refractivity contribution in [1.29, 1.82) is 0 Å². The van der Waals surface area contributed by atoms with Gasteiger partial charge in [0, 0.05) is 18.6 Å². The first-order valence-corrected chi connectivity index (χ1v) is 13.0. The van der Waals surface area contributed by atoms with E-state index in [-0.39, 0.29) is 41.8 Å². The molecule has 1 aromatic carbocycles. The Labute approximate surface area is 186 Å². The fourth-order valence-corrected chi connectivity index (χ4v) is 6.60. The molecule has 3 heterocycles. The van der Waals surface area contributed by atoms with E-state index < -0.39 is 21.8 Å². The van der Waals surface area contributed by atoms with Gasteiger partial charge in [-0.2, -0.15) is 5.10 Å². The second kappa shape index (κ2) is 9.01. The van der Waals surface area contributed by atoms with Crippen molar-refractivity contribution in [1.82, 2.24) is 15.2 Å². The number of rotatable bonds is 6. The van der Waals surface area contributed by atoms with Crippen LogP contribution in [0.4, 0.5) is 9.52 Å². The highest BCUT2D eigenvalue weighted by atomic mass is 32.2. The lowest BCUT2D eigenvalue weighted by Crippen LogP contribution is -2.42. The molecule has 2 aliphatic rings. The van der Waals surface area contributed by atoms with Crippen LogP contribution in [0, 0.1) is 5.82 Å². The van der Waals surface area contributed by atoms with Gasteiger partial charge >= 0.3 is 0 Å². The number of hydrogen-bond acceptors (Lipinski definition) is 9. The lowest BCUT2D eigenvalue weighted by molar-refractivity contribution is -0.133. The number of anilines is 1. The van der Waals surface area contributed by atoms with Crippen molar-refractivity contribution in [2.75, 3.05) is 16.8 Å². The van der Waals surface area contributed by atoms with E-state index in [0.29, 0.717) is 21.6 Å². The Kier molecular flexibility index (Phi) is 6.34. The number of benzene rings is 1. The maximum absolute atomic E-state index is 13.0. The van der Waals surface area contributed by atoms with Gasteiger partial charge in [-0.05, 0) is 24.1 Å². The van der Waals surface area contributed by atoms with Crippen LogP contribution < -0.4 is 5.32 Å². The smallest absolute Gasteiger partial charge is 0.273 e. The fraction of sp³-hybridized carbons (Fsp3) is 0.389. The Morgan fingerprint density at radius 3 is 2.74 bits per heavy atom. The molecule has 4 rings (SSSR count). The third-order valence-electron chi connectivity index (χ3n) is 4.78. The number of hydrazone groups is 1. The number of nitrogens with one attached hydrogen (secondary N) is 1. The molecule has 0 saturated carbocycles. The average Bonchev–Trinajstić information content (AvgIpc) is 3.33. The van der Waals surface area contributed by atoms with Gasteiger partial charge in [0.25, 0.3) is 5.91 Å². The lowest BCUT2D eigenvalue weighted by Gasteiger charge is -2.27. The zero-order chi connectivity index (χ0) is 22.0. The van der Waals surface area contributed by atoms with Crippen LogP contribution in [0.5, 0.6) is 0 Å². The van der Waals surface area contributed by atoms with Crippen LogP contribution in [-0.4, -0.2) is 58.7 Å². The summed E-state index contributed by atoms with van der Waals surface area (Å²) in [6.45, 7) is 0. The Morgan fingerprint density at radius 1 is 1.26 bits per heavy atom. The summed E-state index contributed by atoms with van der Waals surface area (Å²) in [4.78, 5) is 24.8. The lowest BCUT2D eigenvalue weighted by atomic mass is 10.1. The topological polar surface area (TPSA) is 122 Å². The summed E-state index contributed by atoms with van der Waals surface area (Å²) in [5.41, 5.74) is 1.09. The number of sulfone groups is 1. The third-order valence-corrected chi connectivity index (χ3v) is 8.57. The summed E-state index contributed by atoms with van der Waals surface area (Å²) in [5, 5.41) is 16.2. The van der Waals surface area contributed by atoms with Crippen LogP contribution in [0.1, 0.15) is 24.8 Å². The molecular formula is C18H18FN5O4S3. The van der Waals surface area contributed by atoms with Gasteiger partial charge in [-0.15, -0.1) is 10.2 Å². The Morgan fingerprint density at radius 2 is 2.03 bits per heavy atom. The molecule has 0 aliphatic carbocycles. The summed E-state index contributed by atoms with van der Waals surface area (Å²) in [6, 6.07) is 5.63. The molecule has 13 heteroatoms. The number of thioether (sulfide) groups is 1. The van der Waals surface area contributed by atoms with Crippen molar-refractivity contribution in [3.63, 3.8) is 0 Å². The standard InChI is InChI=1S/C18H18FN5O4S3/c19-12-3-1-11(2-4-12)9-29-18-22-21-17(30-18)20-16(26)14-5-6-15(25)24(23-14)13-7-8-31(27,28)10-13/h1-4,13H,5-10H2,(H,20,21,26)/t13-/m1/s1. The van der Waals surface area contributed by atoms with Gasteiger partial charge in [-0.25, -0.2) is 17.8 Å². The van der Waals surface area contributed by atoms with Crippen molar-refractivity contribution < 1.29 is 22.4 Å². The van der Waals surface area contributed by atoms with E-state index in [1.807, 2.05) is 0 Å².